The van der Waals surface area contributed by atoms with Crippen LogP contribution in [0.1, 0.15) is 30.9 Å². The Hall–Kier alpha value is -3.34. The molecule has 8 nitrogen and oxygen atoms in total. The fraction of sp³-hybridized carbons (Fsp3) is 0.381. The monoisotopic (exact) mass is 451 g/mol. The molecule has 172 valence electrons. The standard InChI is InChI=1S/C21H24F3N5O3/c1-11-27-14-8-15(31-4)16(32-10-20(2,3)30)7-13(14)19(28-11)26-9-12-5-17(21(22,23)24)29-18(25)6-12/h5-8,30H,9-10H2,1-4H3,(H2,25,29)(H,26,27,28). The van der Waals surface area contributed by atoms with Gasteiger partial charge in [-0.15, -0.1) is 0 Å². The lowest BCUT2D eigenvalue weighted by atomic mass is 10.1. The van der Waals surface area contributed by atoms with E-state index in [0.717, 1.165) is 6.07 Å². The van der Waals surface area contributed by atoms with Crippen LogP contribution in [-0.2, 0) is 12.7 Å². The van der Waals surface area contributed by atoms with Crippen molar-refractivity contribution in [1.29, 1.82) is 0 Å². The van der Waals surface area contributed by atoms with Gasteiger partial charge in [0, 0.05) is 18.0 Å². The number of aryl methyl sites for hydroxylation is 1. The molecule has 0 saturated carbocycles. The quantitative estimate of drug-likeness (QED) is 0.498. The number of rotatable bonds is 7. The largest absolute Gasteiger partial charge is 0.493 e. The maximum atomic E-state index is 13.0. The summed E-state index contributed by atoms with van der Waals surface area (Å²) in [6.45, 7) is 4.95. The number of nitrogens with zero attached hydrogens (tertiary/aromatic N) is 3. The van der Waals surface area contributed by atoms with Gasteiger partial charge in [0.25, 0.3) is 0 Å². The van der Waals surface area contributed by atoms with Gasteiger partial charge in [0.2, 0.25) is 0 Å². The molecule has 32 heavy (non-hydrogen) atoms. The first-order valence-electron chi connectivity index (χ1n) is 9.65. The molecular weight excluding hydrogens is 427 g/mol. The third-order valence-corrected chi connectivity index (χ3v) is 4.33. The van der Waals surface area contributed by atoms with Crippen LogP contribution in [0.2, 0.25) is 0 Å². The number of aromatic nitrogens is 3. The van der Waals surface area contributed by atoms with E-state index in [0.29, 0.717) is 39.6 Å². The third-order valence-electron chi connectivity index (χ3n) is 4.33. The van der Waals surface area contributed by atoms with Gasteiger partial charge in [-0.05, 0) is 44.5 Å². The summed E-state index contributed by atoms with van der Waals surface area (Å²) in [4.78, 5) is 12.1. The van der Waals surface area contributed by atoms with Gasteiger partial charge in [-0.3, -0.25) is 0 Å². The first-order valence-corrected chi connectivity index (χ1v) is 9.65. The Labute approximate surface area is 182 Å². The number of hydrogen-bond donors (Lipinski definition) is 3. The number of nitrogens with one attached hydrogen (secondary N) is 1. The van der Waals surface area contributed by atoms with Crippen molar-refractivity contribution in [2.24, 2.45) is 0 Å². The molecule has 4 N–H and O–H groups in total. The van der Waals surface area contributed by atoms with Gasteiger partial charge in [-0.1, -0.05) is 0 Å². The molecule has 3 aromatic rings. The lowest BCUT2D eigenvalue weighted by Crippen LogP contribution is -2.28. The molecule has 0 atom stereocenters. The Morgan fingerprint density at radius 2 is 1.78 bits per heavy atom. The fourth-order valence-electron chi connectivity index (χ4n) is 2.96. The van der Waals surface area contributed by atoms with Crippen molar-refractivity contribution in [3.8, 4) is 11.5 Å². The molecule has 0 aliphatic heterocycles. The number of nitrogen functional groups attached to an aromatic ring is 1. The number of anilines is 2. The number of pyridine rings is 1. The molecule has 0 unspecified atom stereocenters. The topological polar surface area (TPSA) is 115 Å². The summed E-state index contributed by atoms with van der Waals surface area (Å²) in [7, 11) is 1.48. The van der Waals surface area contributed by atoms with Gasteiger partial charge < -0.3 is 25.6 Å². The van der Waals surface area contributed by atoms with Gasteiger partial charge in [-0.2, -0.15) is 13.2 Å². The maximum absolute atomic E-state index is 13.0. The molecular formula is C21H24F3N5O3. The van der Waals surface area contributed by atoms with Gasteiger partial charge >= 0.3 is 6.18 Å². The van der Waals surface area contributed by atoms with Crippen molar-refractivity contribution in [1.82, 2.24) is 15.0 Å². The van der Waals surface area contributed by atoms with E-state index in [-0.39, 0.29) is 19.0 Å². The van der Waals surface area contributed by atoms with Crippen molar-refractivity contribution < 1.29 is 27.8 Å². The molecule has 0 fully saturated rings. The van der Waals surface area contributed by atoms with E-state index >= 15 is 0 Å². The smallest absolute Gasteiger partial charge is 0.433 e. The highest BCUT2D eigenvalue weighted by atomic mass is 19.4. The Morgan fingerprint density at radius 3 is 2.41 bits per heavy atom. The molecule has 0 amide bonds. The van der Waals surface area contributed by atoms with Crippen LogP contribution in [-0.4, -0.2) is 39.4 Å². The number of hydrogen-bond acceptors (Lipinski definition) is 8. The van der Waals surface area contributed by atoms with Crippen LogP contribution < -0.4 is 20.5 Å². The lowest BCUT2D eigenvalue weighted by molar-refractivity contribution is -0.141. The molecule has 0 saturated heterocycles. The van der Waals surface area contributed by atoms with Crippen molar-refractivity contribution in [2.75, 3.05) is 24.8 Å². The zero-order chi connectivity index (χ0) is 23.7. The van der Waals surface area contributed by atoms with Crippen molar-refractivity contribution in [3.63, 3.8) is 0 Å². The second-order valence-corrected chi connectivity index (χ2v) is 7.88. The summed E-state index contributed by atoms with van der Waals surface area (Å²) in [5.74, 6) is 1.41. The normalized spacial score (nSPS) is 12.1. The molecule has 0 aliphatic rings. The first-order chi connectivity index (χ1) is 14.9. The highest BCUT2D eigenvalue weighted by Gasteiger charge is 2.33. The molecule has 0 aliphatic carbocycles. The molecule has 2 aromatic heterocycles. The third kappa shape index (κ3) is 5.67. The number of nitrogens with two attached hydrogens (primary N) is 1. The summed E-state index contributed by atoms with van der Waals surface area (Å²) in [5.41, 5.74) is 4.26. The number of fused-ring (bicyclic) bond motifs is 1. The molecule has 0 spiro atoms. The predicted octanol–water partition coefficient (Wildman–Crippen LogP) is 3.70. The van der Waals surface area contributed by atoms with E-state index in [1.165, 1.54) is 13.2 Å². The highest BCUT2D eigenvalue weighted by molar-refractivity contribution is 5.91. The SMILES string of the molecule is COc1cc2nc(C)nc(NCc3cc(N)nc(C(F)(F)F)c3)c2cc1OCC(C)(C)O. The van der Waals surface area contributed by atoms with Crippen LogP contribution in [0.4, 0.5) is 24.8 Å². The summed E-state index contributed by atoms with van der Waals surface area (Å²) in [6, 6.07) is 5.62. The second-order valence-electron chi connectivity index (χ2n) is 7.88. The number of benzene rings is 1. The molecule has 11 heteroatoms. The fourth-order valence-corrected chi connectivity index (χ4v) is 2.96. The van der Waals surface area contributed by atoms with Gasteiger partial charge in [0.15, 0.2) is 11.5 Å². The van der Waals surface area contributed by atoms with Gasteiger partial charge in [-0.25, -0.2) is 15.0 Å². The van der Waals surface area contributed by atoms with Crippen LogP contribution in [0.3, 0.4) is 0 Å². The number of ether oxygens (including phenoxy) is 2. The number of alkyl halides is 3. The van der Waals surface area contributed by atoms with Crippen LogP contribution >= 0.6 is 0 Å². The van der Waals surface area contributed by atoms with E-state index in [1.807, 2.05) is 0 Å². The van der Waals surface area contributed by atoms with E-state index in [2.05, 4.69) is 20.3 Å². The molecule has 0 bridgehead atoms. The number of halogens is 3. The Bertz CT molecular complexity index is 1130. The molecule has 0 radical (unpaired) electrons. The average molecular weight is 451 g/mol. The predicted molar refractivity (Wildman–Crippen MR) is 114 cm³/mol. The number of aliphatic hydroxyl groups is 1. The zero-order valence-corrected chi connectivity index (χ0v) is 18.0. The Morgan fingerprint density at radius 1 is 1.06 bits per heavy atom. The lowest BCUT2D eigenvalue weighted by Gasteiger charge is -2.20. The first kappa shape index (κ1) is 23.3. The summed E-state index contributed by atoms with van der Waals surface area (Å²) >= 11 is 0. The van der Waals surface area contributed by atoms with Crippen LogP contribution in [0.15, 0.2) is 24.3 Å². The molecule has 2 heterocycles. The summed E-state index contributed by atoms with van der Waals surface area (Å²) in [5, 5.41) is 13.6. The molecule has 1 aromatic carbocycles. The van der Waals surface area contributed by atoms with Crippen molar-refractivity contribution >= 4 is 22.5 Å². The van der Waals surface area contributed by atoms with Crippen LogP contribution in [0.25, 0.3) is 10.9 Å². The van der Waals surface area contributed by atoms with Gasteiger partial charge in [0.05, 0.1) is 18.2 Å². The number of methoxy groups -OCH3 is 1. The van der Waals surface area contributed by atoms with Crippen molar-refractivity contribution in [2.45, 2.75) is 39.1 Å². The van der Waals surface area contributed by atoms with E-state index < -0.39 is 17.5 Å². The van der Waals surface area contributed by atoms with Gasteiger partial charge in [0.1, 0.15) is 29.8 Å². The van der Waals surface area contributed by atoms with Crippen LogP contribution in [0.5, 0.6) is 11.5 Å². The van der Waals surface area contributed by atoms with E-state index in [4.69, 9.17) is 15.2 Å². The zero-order valence-electron chi connectivity index (χ0n) is 18.0. The second kappa shape index (κ2) is 8.65. The maximum Gasteiger partial charge on any atom is 0.433 e. The minimum Gasteiger partial charge on any atom is -0.493 e. The Kier molecular flexibility index (Phi) is 6.31. The highest BCUT2D eigenvalue weighted by Crippen LogP contribution is 2.35. The summed E-state index contributed by atoms with van der Waals surface area (Å²) in [6.07, 6.45) is -4.61. The van der Waals surface area contributed by atoms with Crippen LogP contribution in [0, 0.1) is 6.92 Å². The molecule has 3 rings (SSSR count). The Balaban J connectivity index is 1.97. The van der Waals surface area contributed by atoms with E-state index in [1.54, 1.807) is 32.9 Å². The van der Waals surface area contributed by atoms with Crippen molar-refractivity contribution in [3.05, 3.63) is 41.3 Å². The summed E-state index contributed by atoms with van der Waals surface area (Å²) < 4.78 is 50.2. The van der Waals surface area contributed by atoms with E-state index in [9.17, 15) is 18.3 Å². The minimum absolute atomic E-state index is 0.0147. The minimum atomic E-state index is -4.61. The average Bonchev–Trinajstić information content (AvgIpc) is 2.68.